The minimum atomic E-state index is -0.295. The van der Waals surface area contributed by atoms with Gasteiger partial charge in [-0.15, -0.1) is 11.3 Å². The fraction of sp³-hybridized carbons (Fsp3) is 0.130. The molecule has 0 aliphatic carbocycles. The molecule has 30 heavy (non-hydrogen) atoms. The second-order valence-electron chi connectivity index (χ2n) is 6.75. The number of amides is 1. The first kappa shape index (κ1) is 20.8. The summed E-state index contributed by atoms with van der Waals surface area (Å²) in [4.78, 5) is 24.4. The zero-order chi connectivity index (χ0) is 21.8. The van der Waals surface area contributed by atoms with Gasteiger partial charge in [-0.05, 0) is 49.2 Å². The Morgan fingerprint density at radius 2 is 1.77 bits per heavy atom. The van der Waals surface area contributed by atoms with Crippen molar-refractivity contribution in [1.29, 1.82) is 10.5 Å². The lowest BCUT2D eigenvalue weighted by atomic mass is 10.1. The van der Waals surface area contributed by atoms with Gasteiger partial charge in [-0.2, -0.15) is 10.5 Å². The molecule has 0 bridgehead atoms. The molecule has 0 radical (unpaired) electrons. The van der Waals surface area contributed by atoms with Crippen molar-refractivity contribution in [1.82, 2.24) is 4.57 Å². The first-order valence-electron chi connectivity index (χ1n) is 9.07. The maximum absolute atomic E-state index is 13.2. The lowest BCUT2D eigenvalue weighted by Crippen LogP contribution is -2.31. The molecule has 0 aliphatic rings. The van der Waals surface area contributed by atoms with Crippen molar-refractivity contribution in [3.05, 3.63) is 78.7 Å². The molecule has 0 saturated carbocycles. The van der Waals surface area contributed by atoms with E-state index in [-0.39, 0.29) is 17.0 Å². The van der Waals surface area contributed by atoms with E-state index >= 15 is 0 Å². The number of nitrogens with zero attached hydrogens (tertiary/aromatic N) is 3. The first-order chi connectivity index (χ1) is 14.3. The quantitative estimate of drug-likeness (QED) is 0.712. The fourth-order valence-electron chi connectivity index (χ4n) is 3.06. The summed E-state index contributed by atoms with van der Waals surface area (Å²) in [6.45, 7) is 5.28. The summed E-state index contributed by atoms with van der Waals surface area (Å²) >= 11 is 1.10. The van der Waals surface area contributed by atoms with Gasteiger partial charge < -0.3 is 5.32 Å². The van der Waals surface area contributed by atoms with Crippen LogP contribution >= 0.6 is 11.3 Å². The maximum Gasteiger partial charge on any atom is 0.273 e. The molecule has 148 valence electrons. The lowest BCUT2D eigenvalue weighted by molar-refractivity contribution is -0.114. The first-order valence-corrected chi connectivity index (χ1v) is 9.89. The molecule has 0 fully saturated rings. The normalized spacial score (nSPS) is 10.9. The number of hydrogen-bond acceptors (Lipinski definition) is 5. The van der Waals surface area contributed by atoms with Gasteiger partial charge in [0.1, 0.15) is 16.8 Å². The van der Waals surface area contributed by atoms with Gasteiger partial charge in [-0.1, -0.05) is 29.8 Å². The number of anilines is 1. The molecule has 1 N–H and O–H groups in total. The Balaban J connectivity index is 2.26. The van der Waals surface area contributed by atoms with Crippen molar-refractivity contribution in [3.63, 3.8) is 0 Å². The number of thiazole rings is 1. The topological polar surface area (TPSA) is 98.7 Å². The van der Waals surface area contributed by atoms with Crippen LogP contribution in [0.25, 0.3) is 17.3 Å². The molecule has 1 aromatic heterocycles. The van der Waals surface area contributed by atoms with E-state index in [9.17, 15) is 20.1 Å². The van der Waals surface area contributed by atoms with Crippen molar-refractivity contribution in [2.75, 3.05) is 5.32 Å². The van der Waals surface area contributed by atoms with E-state index in [2.05, 4.69) is 5.32 Å². The van der Waals surface area contributed by atoms with Gasteiger partial charge in [0, 0.05) is 12.6 Å². The molecule has 6 nitrogen and oxygen atoms in total. The highest BCUT2D eigenvalue weighted by molar-refractivity contribution is 7.07. The number of nitrogens with one attached hydrogen (secondary N) is 1. The Labute approximate surface area is 177 Å². The van der Waals surface area contributed by atoms with Crippen molar-refractivity contribution in [3.8, 4) is 17.8 Å². The number of aromatic nitrogens is 1. The monoisotopic (exact) mass is 414 g/mol. The van der Waals surface area contributed by atoms with Crippen LogP contribution in [-0.2, 0) is 4.79 Å². The second-order valence-corrected chi connectivity index (χ2v) is 7.78. The van der Waals surface area contributed by atoms with Crippen LogP contribution in [-0.4, -0.2) is 10.5 Å². The van der Waals surface area contributed by atoms with E-state index < -0.39 is 0 Å². The number of nitriles is 2. The van der Waals surface area contributed by atoms with Gasteiger partial charge in [-0.25, -0.2) is 0 Å². The smallest absolute Gasteiger partial charge is 0.273 e. The minimum Gasteiger partial charge on any atom is -0.326 e. The number of carbonyl (C=O) groups excluding carboxylic acids is 1. The number of aryl methyl sites for hydroxylation is 2. The van der Waals surface area contributed by atoms with E-state index in [4.69, 9.17) is 0 Å². The average Bonchev–Trinajstić information content (AvgIpc) is 3.00. The minimum absolute atomic E-state index is 0.113. The molecule has 0 unspecified atom stereocenters. The Morgan fingerprint density at radius 1 is 1.10 bits per heavy atom. The molecule has 1 heterocycles. The average molecular weight is 414 g/mol. The van der Waals surface area contributed by atoms with Crippen LogP contribution in [0.3, 0.4) is 0 Å². The van der Waals surface area contributed by atoms with Gasteiger partial charge >= 0.3 is 0 Å². The molecule has 0 spiro atoms. The maximum atomic E-state index is 13.2. The summed E-state index contributed by atoms with van der Waals surface area (Å²) in [5, 5.41) is 21.5. The second kappa shape index (κ2) is 8.60. The zero-order valence-corrected chi connectivity index (χ0v) is 17.5. The molecule has 0 aliphatic heterocycles. The van der Waals surface area contributed by atoms with Gasteiger partial charge in [0.2, 0.25) is 5.91 Å². The highest BCUT2D eigenvalue weighted by atomic mass is 32.1. The van der Waals surface area contributed by atoms with Crippen LogP contribution in [0.2, 0.25) is 0 Å². The molecule has 1 amide bonds. The summed E-state index contributed by atoms with van der Waals surface area (Å²) in [7, 11) is 0. The van der Waals surface area contributed by atoms with Crippen LogP contribution in [0.4, 0.5) is 5.69 Å². The number of carbonyl (C=O) groups is 1. The third-order valence-corrected chi connectivity index (χ3v) is 5.48. The number of hydrogen-bond donors (Lipinski definition) is 1. The van der Waals surface area contributed by atoms with Gasteiger partial charge in [0.15, 0.2) is 5.57 Å². The summed E-state index contributed by atoms with van der Waals surface area (Å²) in [5.74, 6) is -0.165. The van der Waals surface area contributed by atoms with Crippen LogP contribution in [0.15, 0.2) is 47.3 Å². The molecule has 3 rings (SSSR count). The molecular weight excluding hydrogens is 396 g/mol. The zero-order valence-electron chi connectivity index (χ0n) is 16.7. The highest BCUT2D eigenvalue weighted by Gasteiger charge is 2.13. The van der Waals surface area contributed by atoms with E-state index in [1.807, 2.05) is 44.2 Å². The molecule has 2 aromatic carbocycles. The van der Waals surface area contributed by atoms with E-state index in [0.717, 1.165) is 28.0 Å². The molecule has 3 aromatic rings. The predicted molar refractivity (Wildman–Crippen MR) is 118 cm³/mol. The highest BCUT2D eigenvalue weighted by Crippen LogP contribution is 2.13. The Kier molecular flexibility index (Phi) is 5.96. The summed E-state index contributed by atoms with van der Waals surface area (Å²) in [6, 6.07) is 16.5. The van der Waals surface area contributed by atoms with Crippen molar-refractivity contribution in [2.45, 2.75) is 20.8 Å². The van der Waals surface area contributed by atoms with Crippen LogP contribution in [0.1, 0.15) is 23.6 Å². The lowest BCUT2D eigenvalue weighted by Gasteiger charge is -2.07. The number of rotatable bonds is 3. The Morgan fingerprint density at radius 3 is 2.33 bits per heavy atom. The van der Waals surface area contributed by atoms with Gasteiger partial charge in [0.05, 0.1) is 10.2 Å². The standard InChI is InChI=1S/C23H18N4O2S/c1-14-4-9-20(15(2)10-14)27-22(29)21(30-23(27)18(12-24)13-25)11-17-5-7-19(8-6-17)26-16(3)28/h4-11H,1-3H3,(H,26,28)/b21-11-. The van der Waals surface area contributed by atoms with Crippen LogP contribution < -0.4 is 20.1 Å². The van der Waals surface area contributed by atoms with Crippen molar-refractivity contribution in [2.24, 2.45) is 0 Å². The van der Waals surface area contributed by atoms with Gasteiger partial charge in [0.25, 0.3) is 5.56 Å². The molecule has 0 atom stereocenters. The predicted octanol–water partition coefficient (Wildman–Crippen LogP) is 2.50. The summed E-state index contributed by atoms with van der Waals surface area (Å²) in [6.07, 6.45) is 1.71. The fourth-order valence-corrected chi connectivity index (χ4v) is 4.11. The largest absolute Gasteiger partial charge is 0.326 e. The third-order valence-electron chi connectivity index (χ3n) is 4.38. The number of benzene rings is 2. The third kappa shape index (κ3) is 4.22. The van der Waals surface area contributed by atoms with Gasteiger partial charge in [-0.3, -0.25) is 14.2 Å². The molecular formula is C23H18N4O2S. The Hall–Kier alpha value is -3.94. The molecule has 7 heteroatoms. The van der Waals surface area contributed by atoms with E-state index in [1.165, 1.54) is 11.5 Å². The van der Waals surface area contributed by atoms with Crippen LogP contribution in [0, 0.1) is 36.5 Å². The summed E-state index contributed by atoms with van der Waals surface area (Å²) < 4.78 is 2.14. The van der Waals surface area contributed by atoms with Crippen LogP contribution in [0.5, 0.6) is 0 Å². The SMILES string of the molecule is CC(=O)Nc1ccc(/C=c2\sc(=C(C#N)C#N)n(-c3ccc(C)cc3C)c2=O)cc1. The molecule has 0 saturated heterocycles. The van der Waals surface area contributed by atoms with Crippen molar-refractivity contribution >= 4 is 34.6 Å². The Bertz CT molecular complexity index is 1380. The summed E-state index contributed by atoms with van der Waals surface area (Å²) in [5.41, 5.74) is 3.57. The van der Waals surface area contributed by atoms with E-state index in [1.54, 1.807) is 30.3 Å². The van der Waals surface area contributed by atoms with Crippen molar-refractivity contribution < 1.29 is 4.79 Å². The van der Waals surface area contributed by atoms with E-state index in [0.29, 0.717) is 20.6 Å².